The zero-order valence-corrected chi connectivity index (χ0v) is 12.8. The predicted octanol–water partition coefficient (Wildman–Crippen LogP) is 3.86. The van der Waals surface area contributed by atoms with E-state index in [-0.39, 0.29) is 13.2 Å². The summed E-state index contributed by atoms with van der Waals surface area (Å²) in [6.45, 7) is 2.64. The first-order valence-corrected chi connectivity index (χ1v) is 7.98. The smallest absolute Gasteiger partial charge is 0.119 e. The van der Waals surface area contributed by atoms with E-state index in [4.69, 9.17) is 10.2 Å². The number of carbonyl (C=O) groups excluding carboxylic acids is 1. The summed E-state index contributed by atoms with van der Waals surface area (Å²) in [5.74, 6) is 0. The molecule has 0 atom stereocenters. The van der Waals surface area contributed by atoms with Crippen molar-refractivity contribution in [1.29, 1.82) is 0 Å². The van der Waals surface area contributed by atoms with Crippen LogP contribution in [0.15, 0.2) is 0 Å². The van der Waals surface area contributed by atoms with E-state index in [0.29, 0.717) is 0 Å². The molecule has 116 valence electrons. The number of aliphatic hydroxyl groups is 2. The second kappa shape index (κ2) is 22.7. The van der Waals surface area contributed by atoms with Crippen LogP contribution < -0.4 is 0 Å². The molecule has 0 aliphatic rings. The highest BCUT2D eigenvalue weighted by Crippen LogP contribution is 2.09. The van der Waals surface area contributed by atoms with Crippen molar-refractivity contribution in [1.82, 2.24) is 0 Å². The fourth-order valence-electron chi connectivity index (χ4n) is 1.76. The third-order valence-corrected chi connectivity index (χ3v) is 2.99. The Morgan fingerprint density at radius 1 is 0.684 bits per heavy atom. The lowest BCUT2D eigenvalue weighted by atomic mass is 10.1. The van der Waals surface area contributed by atoms with Crippen LogP contribution in [-0.2, 0) is 4.79 Å². The van der Waals surface area contributed by atoms with Crippen molar-refractivity contribution < 1.29 is 15.0 Å². The average molecular weight is 274 g/mol. The molecule has 0 saturated heterocycles. The van der Waals surface area contributed by atoms with Gasteiger partial charge in [0.15, 0.2) is 0 Å². The lowest BCUT2D eigenvalue weighted by Crippen LogP contribution is -1.85. The van der Waals surface area contributed by atoms with Crippen LogP contribution in [-0.4, -0.2) is 29.7 Å². The predicted molar refractivity (Wildman–Crippen MR) is 81.3 cm³/mol. The molecular formula is C16H34O3. The largest absolute Gasteiger partial charge is 0.396 e. The van der Waals surface area contributed by atoms with Gasteiger partial charge in [0, 0.05) is 19.6 Å². The van der Waals surface area contributed by atoms with Crippen LogP contribution in [0.1, 0.15) is 84.0 Å². The Kier molecular flexibility index (Phi) is 25.0. The van der Waals surface area contributed by atoms with Crippen LogP contribution in [0, 0.1) is 0 Å². The first-order chi connectivity index (χ1) is 9.33. The maximum atomic E-state index is 10.0. The maximum Gasteiger partial charge on any atom is 0.119 e. The van der Waals surface area contributed by atoms with Gasteiger partial charge in [0.1, 0.15) is 6.29 Å². The molecule has 0 radical (unpaired) electrons. The van der Waals surface area contributed by atoms with Gasteiger partial charge in [-0.1, -0.05) is 58.3 Å². The van der Waals surface area contributed by atoms with Gasteiger partial charge in [-0.3, -0.25) is 0 Å². The maximum absolute atomic E-state index is 10.0. The van der Waals surface area contributed by atoms with Crippen LogP contribution in [0.5, 0.6) is 0 Å². The van der Waals surface area contributed by atoms with Crippen molar-refractivity contribution in [2.45, 2.75) is 84.0 Å². The second-order valence-corrected chi connectivity index (χ2v) is 4.94. The van der Waals surface area contributed by atoms with E-state index in [1.165, 1.54) is 51.4 Å². The quantitative estimate of drug-likeness (QED) is 0.396. The molecule has 0 aliphatic carbocycles. The molecule has 2 N–H and O–H groups in total. The van der Waals surface area contributed by atoms with Crippen molar-refractivity contribution in [3.8, 4) is 0 Å². The Balaban J connectivity index is 0. The fourth-order valence-corrected chi connectivity index (χ4v) is 1.76. The SMILES string of the molecule is CCCCCCCCCCCC=O.OCCCCO. The number of aldehydes is 1. The van der Waals surface area contributed by atoms with E-state index in [2.05, 4.69) is 6.92 Å². The molecular weight excluding hydrogens is 240 g/mol. The third-order valence-electron chi connectivity index (χ3n) is 2.99. The van der Waals surface area contributed by atoms with E-state index in [0.717, 1.165) is 32.0 Å². The molecule has 0 fully saturated rings. The molecule has 0 aliphatic heterocycles. The lowest BCUT2D eigenvalue weighted by molar-refractivity contribution is -0.107. The monoisotopic (exact) mass is 274 g/mol. The summed E-state index contributed by atoms with van der Waals surface area (Å²) >= 11 is 0. The van der Waals surface area contributed by atoms with Crippen molar-refractivity contribution >= 4 is 6.29 Å². The molecule has 0 amide bonds. The molecule has 0 heterocycles. The van der Waals surface area contributed by atoms with Gasteiger partial charge in [-0.25, -0.2) is 0 Å². The number of rotatable bonds is 13. The van der Waals surface area contributed by atoms with Gasteiger partial charge in [0.05, 0.1) is 0 Å². The summed E-state index contributed by atoms with van der Waals surface area (Å²) in [5.41, 5.74) is 0. The molecule has 3 nitrogen and oxygen atoms in total. The van der Waals surface area contributed by atoms with Crippen LogP contribution in [0.25, 0.3) is 0 Å². The van der Waals surface area contributed by atoms with Gasteiger partial charge < -0.3 is 15.0 Å². The standard InChI is InChI=1S/C12H24O.C4H10O2/c1-2-3-4-5-6-7-8-9-10-11-12-13;5-3-1-2-4-6/h12H,2-11H2,1H3;5-6H,1-4H2. The molecule has 0 bridgehead atoms. The highest BCUT2D eigenvalue weighted by molar-refractivity contribution is 5.48. The van der Waals surface area contributed by atoms with E-state index in [1.54, 1.807) is 0 Å². The van der Waals surface area contributed by atoms with Crippen molar-refractivity contribution in [2.24, 2.45) is 0 Å². The van der Waals surface area contributed by atoms with Crippen LogP contribution in [0.2, 0.25) is 0 Å². The molecule has 0 aromatic carbocycles. The zero-order chi connectivity index (χ0) is 14.6. The minimum atomic E-state index is 0.195. The summed E-state index contributed by atoms with van der Waals surface area (Å²) in [7, 11) is 0. The topological polar surface area (TPSA) is 57.5 Å². The van der Waals surface area contributed by atoms with E-state index < -0.39 is 0 Å². The number of unbranched alkanes of at least 4 members (excludes halogenated alkanes) is 10. The number of hydrogen-bond donors (Lipinski definition) is 2. The Morgan fingerprint density at radius 3 is 1.47 bits per heavy atom. The molecule has 0 aromatic heterocycles. The molecule has 0 unspecified atom stereocenters. The van der Waals surface area contributed by atoms with E-state index in [1.807, 2.05) is 0 Å². The lowest BCUT2D eigenvalue weighted by Gasteiger charge is -1.99. The van der Waals surface area contributed by atoms with Crippen LogP contribution >= 0.6 is 0 Å². The average Bonchev–Trinajstić information content (AvgIpc) is 2.44. The third kappa shape index (κ3) is 27.0. The Labute approximate surface area is 119 Å². The van der Waals surface area contributed by atoms with Crippen LogP contribution in [0.4, 0.5) is 0 Å². The Hall–Kier alpha value is -0.410. The zero-order valence-electron chi connectivity index (χ0n) is 12.8. The van der Waals surface area contributed by atoms with Gasteiger partial charge in [0.25, 0.3) is 0 Å². The molecule has 0 spiro atoms. The first kappa shape index (κ1) is 20.9. The molecule has 0 saturated carbocycles. The second-order valence-electron chi connectivity index (χ2n) is 4.94. The summed E-state index contributed by atoms with van der Waals surface area (Å²) in [6.07, 6.45) is 15.2. The fraction of sp³-hybridized carbons (Fsp3) is 0.938. The minimum Gasteiger partial charge on any atom is -0.396 e. The highest BCUT2D eigenvalue weighted by atomic mass is 16.3. The normalized spacial score (nSPS) is 9.84. The van der Waals surface area contributed by atoms with Crippen LogP contribution in [0.3, 0.4) is 0 Å². The number of hydrogen-bond acceptors (Lipinski definition) is 3. The summed E-state index contributed by atoms with van der Waals surface area (Å²) in [5, 5.41) is 16.2. The summed E-state index contributed by atoms with van der Waals surface area (Å²) in [6, 6.07) is 0. The highest BCUT2D eigenvalue weighted by Gasteiger charge is 1.91. The molecule has 19 heavy (non-hydrogen) atoms. The van der Waals surface area contributed by atoms with E-state index in [9.17, 15) is 4.79 Å². The van der Waals surface area contributed by atoms with Gasteiger partial charge in [-0.05, 0) is 19.3 Å². The Bertz CT molecular complexity index is 145. The number of aliphatic hydroxyl groups excluding tert-OH is 2. The van der Waals surface area contributed by atoms with Gasteiger partial charge in [-0.2, -0.15) is 0 Å². The first-order valence-electron chi connectivity index (χ1n) is 7.98. The Morgan fingerprint density at radius 2 is 1.11 bits per heavy atom. The van der Waals surface area contributed by atoms with Gasteiger partial charge in [0.2, 0.25) is 0 Å². The minimum absolute atomic E-state index is 0.195. The number of carbonyl (C=O) groups is 1. The summed E-state index contributed by atoms with van der Waals surface area (Å²) < 4.78 is 0. The van der Waals surface area contributed by atoms with Crippen molar-refractivity contribution in [2.75, 3.05) is 13.2 Å². The molecule has 0 rings (SSSR count). The van der Waals surface area contributed by atoms with Gasteiger partial charge >= 0.3 is 0 Å². The summed E-state index contributed by atoms with van der Waals surface area (Å²) in [4.78, 5) is 10.0. The van der Waals surface area contributed by atoms with Crippen molar-refractivity contribution in [3.63, 3.8) is 0 Å². The molecule has 3 heteroatoms. The van der Waals surface area contributed by atoms with E-state index >= 15 is 0 Å². The van der Waals surface area contributed by atoms with Crippen molar-refractivity contribution in [3.05, 3.63) is 0 Å². The van der Waals surface area contributed by atoms with Gasteiger partial charge in [-0.15, -0.1) is 0 Å². The molecule has 0 aromatic rings.